The van der Waals surface area contributed by atoms with Gasteiger partial charge in [-0.3, -0.25) is 0 Å². The Kier molecular flexibility index (Phi) is 6.34. The lowest BCUT2D eigenvalue weighted by atomic mass is 9.87. The van der Waals surface area contributed by atoms with E-state index < -0.39 is 0 Å². The van der Waals surface area contributed by atoms with Crippen LogP contribution in [0.25, 0.3) is 0 Å². The number of halogens is 1. The number of hydrogen-bond acceptors (Lipinski definition) is 2. The van der Waals surface area contributed by atoms with Crippen LogP contribution in [0.2, 0.25) is 0 Å². The van der Waals surface area contributed by atoms with Gasteiger partial charge in [0, 0.05) is 10.5 Å². The third kappa shape index (κ3) is 5.53. The summed E-state index contributed by atoms with van der Waals surface area (Å²) in [4.78, 5) is 0. The maximum atomic E-state index is 5.33. The minimum Gasteiger partial charge on any atom is -0.497 e. The summed E-state index contributed by atoms with van der Waals surface area (Å²) in [5.41, 5.74) is 1.64. The summed E-state index contributed by atoms with van der Waals surface area (Å²) < 4.78 is 6.48. The molecule has 0 spiro atoms. The summed E-state index contributed by atoms with van der Waals surface area (Å²) in [7, 11) is 1.71. The van der Waals surface area contributed by atoms with Gasteiger partial charge in [0.05, 0.1) is 7.11 Å². The van der Waals surface area contributed by atoms with Crippen LogP contribution in [0.4, 0.5) is 0 Å². The van der Waals surface area contributed by atoms with Gasteiger partial charge in [-0.15, -0.1) is 0 Å². The van der Waals surface area contributed by atoms with Gasteiger partial charge in [0.2, 0.25) is 0 Å². The average Bonchev–Trinajstić information content (AvgIpc) is 2.34. The Morgan fingerprint density at radius 2 is 2.00 bits per heavy atom. The van der Waals surface area contributed by atoms with E-state index in [0.717, 1.165) is 23.2 Å². The smallest absolute Gasteiger partial charge is 0.119 e. The third-order valence-corrected chi connectivity index (χ3v) is 3.93. The molecule has 0 amide bonds. The molecule has 1 atom stereocenters. The zero-order valence-corrected chi connectivity index (χ0v) is 14.3. The molecule has 0 aliphatic rings. The molecular weight excluding hydrogens is 302 g/mol. The van der Waals surface area contributed by atoms with Gasteiger partial charge in [0.25, 0.3) is 0 Å². The largest absolute Gasteiger partial charge is 0.497 e. The van der Waals surface area contributed by atoms with Gasteiger partial charge in [0.1, 0.15) is 5.75 Å². The molecule has 0 heterocycles. The van der Waals surface area contributed by atoms with Crippen molar-refractivity contribution in [3.05, 3.63) is 28.2 Å². The lowest BCUT2D eigenvalue weighted by Crippen LogP contribution is -2.23. The summed E-state index contributed by atoms with van der Waals surface area (Å²) in [5.74, 6) is 0.914. The molecule has 0 fully saturated rings. The first kappa shape index (κ1) is 16.5. The van der Waals surface area contributed by atoms with Gasteiger partial charge in [0.15, 0.2) is 0 Å². The summed E-state index contributed by atoms with van der Waals surface area (Å²) >= 11 is 3.66. The second kappa shape index (κ2) is 7.30. The van der Waals surface area contributed by atoms with E-state index in [4.69, 9.17) is 4.74 Å². The van der Waals surface area contributed by atoms with Gasteiger partial charge in [-0.2, -0.15) is 0 Å². The molecule has 0 bridgehead atoms. The second-order valence-corrected chi connectivity index (χ2v) is 6.95. The fraction of sp³-hybridized carbons (Fsp3) is 0.625. The molecule has 0 aromatic heterocycles. The van der Waals surface area contributed by atoms with Crippen molar-refractivity contribution in [2.24, 2.45) is 5.41 Å². The molecule has 0 radical (unpaired) electrons. The quantitative estimate of drug-likeness (QED) is 0.799. The predicted molar refractivity (Wildman–Crippen MR) is 85.8 cm³/mol. The Labute approximate surface area is 126 Å². The third-order valence-electron chi connectivity index (χ3n) is 3.21. The van der Waals surface area contributed by atoms with Crippen LogP contribution in [0.3, 0.4) is 0 Å². The zero-order chi connectivity index (χ0) is 14.5. The minimum atomic E-state index is 0.360. The van der Waals surface area contributed by atoms with Crippen LogP contribution in [0, 0.1) is 5.41 Å². The highest BCUT2D eigenvalue weighted by molar-refractivity contribution is 9.10. The lowest BCUT2D eigenvalue weighted by molar-refractivity contribution is 0.333. The molecule has 1 rings (SSSR count). The topological polar surface area (TPSA) is 21.3 Å². The fourth-order valence-corrected chi connectivity index (χ4v) is 2.63. The highest BCUT2D eigenvalue weighted by Crippen LogP contribution is 2.33. The Balaban J connectivity index is 2.91. The van der Waals surface area contributed by atoms with Crippen LogP contribution in [0.15, 0.2) is 22.7 Å². The standard InChI is InChI=1S/C16H26BrNO/c1-6-18-15(9-10-16(2,3)4)13-11-12(19-5)7-8-14(13)17/h7-8,11,15,18H,6,9-10H2,1-5H3. The Hall–Kier alpha value is -0.540. The molecule has 3 heteroatoms. The summed E-state index contributed by atoms with van der Waals surface area (Å²) in [6, 6.07) is 6.55. The molecule has 0 aliphatic heterocycles. The SMILES string of the molecule is CCNC(CCC(C)(C)C)c1cc(OC)ccc1Br. The number of ether oxygens (including phenoxy) is 1. The van der Waals surface area contributed by atoms with E-state index in [2.05, 4.69) is 61.1 Å². The van der Waals surface area contributed by atoms with Gasteiger partial charge < -0.3 is 10.1 Å². The number of methoxy groups -OCH3 is 1. The fourth-order valence-electron chi connectivity index (χ4n) is 2.11. The summed E-state index contributed by atoms with van der Waals surface area (Å²) in [6.07, 6.45) is 2.32. The molecule has 0 saturated carbocycles. The lowest BCUT2D eigenvalue weighted by Gasteiger charge is -2.25. The van der Waals surface area contributed by atoms with Crippen LogP contribution in [-0.4, -0.2) is 13.7 Å². The molecule has 2 nitrogen and oxygen atoms in total. The van der Waals surface area contributed by atoms with E-state index >= 15 is 0 Å². The van der Waals surface area contributed by atoms with E-state index in [-0.39, 0.29) is 0 Å². The molecule has 1 aromatic carbocycles. The van der Waals surface area contributed by atoms with Crippen molar-refractivity contribution in [2.45, 2.75) is 46.6 Å². The highest BCUT2D eigenvalue weighted by Gasteiger charge is 2.18. The van der Waals surface area contributed by atoms with Crippen molar-refractivity contribution < 1.29 is 4.74 Å². The molecule has 0 aliphatic carbocycles. The Morgan fingerprint density at radius 1 is 1.32 bits per heavy atom. The average molecular weight is 328 g/mol. The predicted octanol–water partition coefficient (Wildman–Crippen LogP) is 4.93. The molecule has 1 N–H and O–H groups in total. The Bertz CT molecular complexity index is 398. The van der Waals surface area contributed by atoms with Crippen LogP contribution < -0.4 is 10.1 Å². The first-order valence-electron chi connectivity index (χ1n) is 6.94. The highest BCUT2D eigenvalue weighted by atomic mass is 79.9. The van der Waals surface area contributed by atoms with Gasteiger partial charge in [-0.25, -0.2) is 0 Å². The van der Waals surface area contributed by atoms with Crippen LogP contribution in [0.1, 0.15) is 52.1 Å². The molecule has 19 heavy (non-hydrogen) atoms. The van der Waals surface area contributed by atoms with E-state index in [1.54, 1.807) is 7.11 Å². The van der Waals surface area contributed by atoms with Crippen molar-refractivity contribution in [3.63, 3.8) is 0 Å². The van der Waals surface area contributed by atoms with E-state index in [9.17, 15) is 0 Å². The molecule has 0 saturated heterocycles. The van der Waals surface area contributed by atoms with Gasteiger partial charge in [-0.05, 0) is 48.6 Å². The van der Waals surface area contributed by atoms with Gasteiger partial charge in [-0.1, -0.05) is 43.6 Å². The van der Waals surface area contributed by atoms with Crippen LogP contribution in [-0.2, 0) is 0 Å². The summed E-state index contributed by atoms with van der Waals surface area (Å²) in [6.45, 7) is 9.99. The molecule has 1 aromatic rings. The minimum absolute atomic E-state index is 0.360. The van der Waals surface area contributed by atoms with Crippen molar-refractivity contribution >= 4 is 15.9 Å². The number of hydrogen-bond donors (Lipinski definition) is 1. The summed E-state index contributed by atoms with van der Waals surface area (Å²) in [5, 5.41) is 3.58. The van der Waals surface area contributed by atoms with Crippen molar-refractivity contribution in [2.75, 3.05) is 13.7 Å². The molecule has 108 valence electrons. The number of rotatable bonds is 6. The second-order valence-electron chi connectivity index (χ2n) is 6.10. The van der Waals surface area contributed by atoms with E-state index in [0.29, 0.717) is 11.5 Å². The first-order chi connectivity index (χ1) is 8.87. The maximum absolute atomic E-state index is 5.33. The van der Waals surface area contributed by atoms with Crippen molar-refractivity contribution in [1.29, 1.82) is 0 Å². The first-order valence-corrected chi connectivity index (χ1v) is 7.73. The van der Waals surface area contributed by atoms with Gasteiger partial charge >= 0.3 is 0 Å². The van der Waals surface area contributed by atoms with E-state index in [1.807, 2.05) is 6.07 Å². The van der Waals surface area contributed by atoms with Crippen molar-refractivity contribution in [3.8, 4) is 5.75 Å². The van der Waals surface area contributed by atoms with Crippen molar-refractivity contribution in [1.82, 2.24) is 5.32 Å². The van der Waals surface area contributed by atoms with Crippen LogP contribution in [0.5, 0.6) is 5.75 Å². The number of nitrogens with one attached hydrogen (secondary N) is 1. The molecular formula is C16H26BrNO. The number of benzene rings is 1. The van der Waals surface area contributed by atoms with Crippen LogP contribution >= 0.6 is 15.9 Å². The maximum Gasteiger partial charge on any atom is 0.119 e. The zero-order valence-electron chi connectivity index (χ0n) is 12.7. The molecule has 1 unspecified atom stereocenters. The normalized spacial score (nSPS) is 13.4. The Morgan fingerprint density at radius 3 is 2.53 bits per heavy atom. The monoisotopic (exact) mass is 327 g/mol. The van der Waals surface area contributed by atoms with E-state index in [1.165, 1.54) is 12.0 Å².